The van der Waals surface area contributed by atoms with Crippen LogP contribution in [0.1, 0.15) is 34.1 Å². The Bertz CT molecular complexity index is 655. The number of pyridine rings is 1. The van der Waals surface area contributed by atoms with Crippen LogP contribution in [0.25, 0.3) is 0 Å². The molecule has 2 aromatic rings. The zero-order valence-corrected chi connectivity index (χ0v) is 13.3. The van der Waals surface area contributed by atoms with Crippen molar-refractivity contribution in [2.75, 3.05) is 7.05 Å². The van der Waals surface area contributed by atoms with Gasteiger partial charge in [0, 0.05) is 24.8 Å². The monoisotopic (exact) mass is 302 g/mol. The summed E-state index contributed by atoms with van der Waals surface area (Å²) >= 11 is 5.98. The third-order valence-corrected chi connectivity index (χ3v) is 3.50. The number of aryl methyl sites for hydroxylation is 2. The van der Waals surface area contributed by atoms with Crippen molar-refractivity contribution in [2.24, 2.45) is 0 Å². The van der Waals surface area contributed by atoms with Crippen LogP contribution in [0.3, 0.4) is 0 Å². The van der Waals surface area contributed by atoms with Gasteiger partial charge in [-0.25, -0.2) is 4.98 Å². The molecule has 1 aromatic carbocycles. The van der Waals surface area contributed by atoms with E-state index < -0.39 is 0 Å². The van der Waals surface area contributed by atoms with Crippen LogP contribution in [0, 0.1) is 6.92 Å². The van der Waals surface area contributed by atoms with Gasteiger partial charge in [-0.3, -0.25) is 4.79 Å². The van der Waals surface area contributed by atoms with Crippen molar-refractivity contribution in [1.82, 2.24) is 9.88 Å². The summed E-state index contributed by atoms with van der Waals surface area (Å²) in [4.78, 5) is 18.4. The molecule has 4 heteroatoms. The van der Waals surface area contributed by atoms with E-state index in [1.54, 1.807) is 24.1 Å². The molecule has 0 atom stereocenters. The molecule has 110 valence electrons. The molecule has 1 aromatic heterocycles. The molecule has 3 nitrogen and oxygen atoms in total. The van der Waals surface area contributed by atoms with Gasteiger partial charge < -0.3 is 4.90 Å². The summed E-state index contributed by atoms with van der Waals surface area (Å²) in [6.45, 7) is 4.60. The van der Waals surface area contributed by atoms with E-state index >= 15 is 0 Å². The Morgan fingerprint density at radius 2 is 2.05 bits per heavy atom. The highest BCUT2D eigenvalue weighted by Crippen LogP contribution is 2.15. The molecule has 0 spiro atoms. The SMILES string of the molecule is CCc1cc(C(=O)N(C)Cc2cccc(C)c2)cc(Cl)n1. The van der Waals surface area contributed by atoms with Crippen LogP contribution in [0.5, 0.6) is 0 Å². The molecule has 0 aliphatic rings. The fraction of sp³-hybridized carbons (Fsp3) is 0.294. The first-order chi connectivity index (χ1) is 9.99. The highest BCUT2D eigenvalue weighted by Gasteiger charge is 2.14. The van der Waals surface area contributed by atoms with Crippen molar-refractivity contribution in [3.63, 3.8) is 0 Å². The minimum atomic E-state index is -0.0458. The summed E-state index contributed by atoms with van der Waals surface area (Å²) in [7, 11) is 1.80. The van der Waals surface area contributed by atoms with Gasteiger partial charge in [0.1, 0.15) is 5.15 Å². The van der Waals surface area contributed by atoms with Crippen molar-refractivity contribution >= 4 is 17.5 Å². The lowest BCUT2D eigenvalue weighted by molar-refractivity contribution is 0.0785. The summed E-state index contributed by atoms with van der Waals surface area (Å²) in [6.07, 6.45) is 0.752. The summed E-state index contributed by atoms with van der Waals surface area (Å²) < 4.78 is 0. The molecular formula is C17H19ClN2O. The lowest BCUT2D eigenvalue weighted by atomic mass is 10.1. The van der Waals surface area contributed by atoms with Crippen LogP contribution in [-0.4, -0.2) is 22.8 Å². The Hall–Kier alpha value is -1.87. The number of carbonyl (C=O) groups is 1. The Morgan fingerprint density at radius 1 is 1.29 bits per heavy atom. The van der Waals surface area contributed by atoms with Gasteiger partial charge in [-0.15, -0.1) is 0 Å². The number of hydrogen-bond donors (Lipinski definition) is 0. The molecule has 0 saturated carbocycles. The molecule has 0 saturated heterocycles. The van der Waals surface area contributed by atoms with E-state index in [1.165, 1.54) is 5.56 Å². The first-order valence-corrected chi connectivity index (χ1v) is 7.35. The molecule has 1 heterocycles. The summed E-state index contributed by atoms with van der Waals surface area (Å²) in [5.74, 6) is -0.0458. The maximum absolute atomic E-state index is 12.5. The number of carbonyl (C=O) groups excluding carboxylic acids is 1. The third kappa shape index (κ3) is 4.05. The molecule has 0 fully saturated rings. The summed E-state index contributed by atoms with van der Waals surface area (Å²) in [6, 6.07) is 11.6. The van der Waals surface area contributed by atoms with Crippen LogP contribution in [-0.2, 0) is 13.0 Å². The average molecular weight is 303 g/mol. The minimum absolute atomic E-state index is 0.0458. The van der Waals surface area contributed by atoms with Crippen LogP contribution in [0.2, 0.25) is 5.15 Å². The van der Waals surface area contributed by atoms with E-state index in [-0.39, 0.29) is 5.91 Å². The largest absolute Gasteiger partial charge is 0.337 e. The molecule has 0 bridgehead atoms. The number of amides is 1. The minimum Gasteiger partial charge on any atom is -0.337 e. The van der Waals surface area contributed by atoms with Gasteiger partial charge in [0.15, 0.2) is 0 Å². The second-order valence-electron chi connectivity index (χ2n) is 5.17. The van der Waals surface area contributed by atoms with E-state index in [0.29, 0.717) is 17.3 Å². The van der Waals surface area contributed by atoms with Crippen LogP contribution < -0.4 is 0 Å². The van der Waals surface area contributed by atoms with Gasteiger partial charge in [0.25, 0.3) is 5.91 Å². The number of benzene rings is 1. The molecule has 1 amide bonds. The zero-order chi connectivity index (χ0) is 15.4. The quantitative estimate of drug-likeness (QED) is 0.803. The van der Waals surface area contributed by atoms with E-state index in [1.807, 2.05) is 32.0 Å². The Morgan fingerprint density at radius 3 is 2.71 bits per heavy atom. The standard InChI is InChI=1S/C17H19ClN2O/c1-4-15-9-14(10-16(18)19-15)17(21)20(3)11-13-7-5-6-12(2)8-13/h5-10H,4,11H2,1-3H3. The Labute approximate surface area is 130 Å². The van der Waals surface area contributed by atoms with Crippen molar-refractivity contribution in [2.45, 2.75) is 26.8 Å². The van der Waals surface area contributed by atoms with Crippen molar-refractivity contribution in [3.8, 4) is 0 Å². The van der Waals surface area contributed by atoms with E-state index in [4.69, 9.17) is 11.6 Å². The molecule has 0 N–H and O–H groups in total. The predicted octanol–water partition coefficient (Wildman–Crippen LogP) is 3.88. The normalized spacial score (nSPS) is 10.5. The van der Waals surface area contributed by atoms with Gasteiger partial charge in [-0.05, 0) is 31.0 Å². The van der Waals surface area contributed by atoms with Crippen molar-refractivity contribution in [3.05, 3.63) is 63.9 Å². The number of aromatic nitrogens is 1. The number of nitrogens with zero attached hydrogens (tertiary/aromatic N) is 2. The average Bonchev–Trinajstić information content (AvgIpc) is 2.45. The first-order valence-electron chi connectivity index (χ1n) is 6.97. The lowest BCUT2D eigenvalue weighted by Crippen LogP contribution is -2.26. The molecule has 0 unspecified atom stereocenters. The summed E-state index contributed by atoms with van der Waals surface area (Å²) in [5, 5.41) is 0.363. The Balaban J connectivity index is 2.17. The lowest BCUT2D eigenvalue weighted by Gasteiger charge is -2.18. The van der Waals surface area contributed by atoms with E-state index in [0.717, 1.165) is 17.7 Å². The second-order valence-corrected chi connectivity index (χ2v) is 5.56. The Kier molecular flexibility index (Phi) is 4.97. The van der Waals surface area contributed by atoms with Crippen LogP contribution in [0.15, 0.2) is 36.4 Å². The zero-order valence-electron chi connectivity index (χ0n) is 12.6. The first kappa shape index (κ1) is 15.5. The highest BCUT2D eigenvalue weighted by molar-refractivity contribution is 6.29. The molecule has 2 rings (SSSR count). The molecule has 0 radical (unpaired) electrons. The van der Waals surface area contributed by atoms with E-state index in [2.05, 4.69) is 11.1 Å². The van der Waals surface area contributed by atoms with E-state index in [9.17, 15) is 4.79 Å². The van der Waals surface area contributed by atoms with Crippen molar-refractivity contribution < 1.29 is 4.79 Å². The number of halogens is 1. The van der Waals surface area contributed by atoms with Crippen LogP contribution >= 0.6 is 11.6 Å². The fourth-order valence-electron chi connectivity index (χ4n) is 2.23. The number of rotatable bonds is 4. The molecule has 21 heavy (non-hydrogen) atoms. The smallest absolute Gasteiger partial charge is 0.254 e. The van der Waals surface area contributed by atoms with Gasteiger partial charge in [-0.2, -0.15) is 0 Å². The molecular weight excluding hydrogens is 284 g/mol. The number of hydrogen-bond acceptors (Lipinski definition) is 2. The second kappa shape index (κ2) is 6.72. The maximum Gasteiger partial charge on any atom is 0.254 e. The third-order valence-electron chi connectivity index (χ3n) is 3.31. The van der Waals surface area contributed by atoms with Gasteiger partial charge in [-0.1, -0.05) is 48.4 Å². The highest BCUT2D eigenvalue weighted by atomic mass is 35.5. The maximum atomic E-state index is 12.5. The van der Waals surface area contributed by atoms with Gasteiger partial charge in [0.2, 0.25) is 0 Å². The summed E-state index contributed by atoms with van der Waals surface area (Å²) in [5.41, 5.74) is 3.71. The predicted molar refractivity (Wildman–Crippen MR) is 85.6 cm³/mol. The fourth-order valence-corrected chi connectivity index (χ4v) is 2.46. The molecule has 0 aliphatic heterocycles. The molecule has 0 aliphatic carbocycles. The topological polar surface area (TPSA) is 33.2 Å². The van der Waals surface area contributed by atoms with Crippen molar-refractivity contribution in [1.29, 1.82) is 0 Å². The van der Waals surface area contributed by atoms with Gasteiger partial charge >= 0.3 is 0 Å². The van der Waals surface area contributed by atoms with Crippen LogP contribution in [0.4, 0.5) is 0 Å². The van der Waals surface area contributed by atoms with Gasteiger partial charge in [0.05, 0.1) is 0 Å².